The van der Waals surface area contributed by atoms with Gasteiger partial charge in [0.1, 0.15) is 0 Å². The number of nitrogens with zero attached hydrogens (tertiary/aromatic N) is 4. The van der Waals surface area contributed by atoms with Gasteiger partial charge in [-0.25, -0.2) is 4.68 Å². The van der Waals surface area contributed by atoms with Crippen LogP contribution in [0.1, 0.15) is 23.4 Å². The van der Waals surface area contributed by atoms with Crippen molar-refractivity contribution in [3.05, 3.63) is 41.5 Å². The van der Waals surface area contributed by atoms with E-state index in [0.29, 0.717) is 6.54 Å². The molecule has 0 amide bonds. The van der Waals surface area contributed by atoms with Crippen LogP contribution in [0.25, 0.3) is 0 Å². The topological polar surface area (TPSA) is 69.6 Å². The molecule has 2 N–H and O–H groups in total. The summed E-state index contributed by atoms with van der Waals surface area (Å²) in [5.74, 6) is 0. The van der Waals surface area contributed by atoms with E-state index in [1.165, 1.54) is 5.56 Å². The number of nitrogens with two attached hydrogens (primary N) is 1. The van der Waals surface area contributed by atoms with Gasteiger partial charge in [0.15, 0.2) is 0 Å². The highest BCUT2D eigenvalue weighted by Crippen LogP contribution is 2.06. The second-order valence-electron chi connectivity index (χ2n) is 4.05. The molecule has 5 nitrogen and oxygen atoms in total. The molecule has 0 bridgehead atoms. The van der Waals surface area contributed by atoms with Gasteiger partial charge in [0.05, 0.1) is 12.2 Å². The Labute approximate surface area is 137 Å². The summed E-state index contributed by atoms with van der Waals surface area (Å²) in [5, 5.41) is 8.22. The highest BCUT2D eigenvalue weighted by Gasteiger charge is 2.03. The molecule has 2 aromatic heterocycles. The molecule has 0 radical (unpaired) electrons. The quantitative estimate of drug-likeness (QED) is 0.906. The summed E-state index contributed by atoms with van der Waals surface area (Å²) in [7, 11) is 0. The SMILES string of the molecule is Cc1ncccc1Cn1cc(CCCN)nn1.Cl.Cl.Cl. The average molecular weight is 341 g/mol. The van der Waals surface area contributed by atoms with E-state index in [9.17, 15) is 0 Å². The molecule has 0 spiro atoms. The van der Waals surface area contributed by atoms with Gasteiger partial charge < -0.3 is 5.73 Å². The molecule has 0 aromatic carbocycles. The Morgan fingerprint density at radius 1 is 1.25 bits per heavy atom. The van der Waals surface area contributed by atoms with Crippen LogP contribution in [-0.4, -0.2) is 26.5 Å². The lowest BCUT2D eigenvalue weighted by Crippen LogP contribution is -2.03. The fraction of sp³-hybridized carbons (Fsp3) is 0.417. The predicted molar refractivity (Wildman–Crippen MR) is 87.2 cm³/mol. The van der Waals surface area contributed by atoms with Crippen LogP contribution in [0.4, 0.5) is 0 Å². The Balaban J connectivity index is 0. The normalized spacial score (nSPS) is 9.10. The van der Waals surface area contributed by atoms with E-state index in [4.69, 9.17) is 5.73 Å². The first-order valence-electron chi connectivity index (χ1n) is 5.79. The maximum atomic E-state index is 5.46. The molecule has 0 fully saturated rings. The highest BCUT2D eigenvalue weighted by atomic mass is 35.5. The predicted octanol–water partition coefficient (Wildman–Crippen LogP) is 2.19. The van der Waals surface area contributed by atoms with Gasteiger partial charge in [0.25, 0.3) is 0 Å². The molecule has 0 aliphatic rings. The maximum Gasteiger partial charge on any atom is 0.0827 e. The second kappa shape index (κ2) is 10.9. The zero-order valence-corrected chi connectivity index (χ0v) is 13.7. The number of halogens is 3. The number of hydrogen-bond donors (Lipinski definition) is 1. The lowest BCUT2D eigenvalue weighted by atomic mass is 10.2. The largest absolute Gasteiger partial charge is 0.330 e. The molecular formula is C12H20Cl3N5. The number of hydrogen-bond acceptors (Lipinski definition) is 4. The smallest absolute Gasteiger partial charge is 0.0827 e. The summed E-state index contributed by atoms with van der Waals surface area (Å²) in [6.07, 6.45) is 5.61. The van der Waals surface area contributed by atoms with Crippen LogP contribution < -0.4 is 5.73 Å². The molecule has 0 unspecified atom stereocenters. The second-order valence-corrected chi connectivity index (χ2v) is 4.05. The van der Waals surface area contributed by atoms with Gasteiger partial charge in [-0.1, -0.05) is 11.3 Å². The third-order valence-electron chi connectivity index (χ3n) is 2.67. The van der Waals surface area contributed by atoms with Gasteiger partial charge >= 0.3 is 0 Å². The van der Waals surface area contributed by atoms with Crippen LogP contribution in [0.2, 0.25) is 0 Å². The van der Waals surface area contributed by atoms with Crippen LogP contribution in [0.3, 0.4) is 0 Å². The van der Waals surface area contributed by atoms with Crippen molar-refractivity contribution in [2.45, 2.75) is 26.3 Å². The summed E-state index contributed by atoms with van der Waals surface area (Å²) in [4.78, 5) is 4.25. The van der Waals surface area contributed by atoms with Crippen molar-refractivity contribution in [2.24, 2.45) is 5.73 Å². The lowest BCUT2D eigenvalue weighted by molar-refractivity contribution is 0.644. The first-order valence-corrected chi connectivity index (χ1v) is 5.79. The minimum Gasteiger partial charge on any atom is -0.330 e. The van der Waals surface area contributed by atoms with Crippen molar-refractivity contribution in [3.63, 3.8) is 0 Å². The van der Waals surface area contributed by atoms with Crippen molar-refractivity contribution in [2.75, 3.05) is 6.54 Å². The van der Waals surface area contributed by atoms with E-state index in [-0.39, 0.29) is 37.2 Å². The third kappa shape index (κ3) is 6.05. The van der Waals surface area contributed by atoms with Crippen LogP contribution in [0, 0.1) is 6.92 Å². The van der Waals surface area contributed by atoms with E-state index in [1.807, 2.05) is 23.9 Å². The third-order valence-corrected chi connectivity index (χ3v) is 2.67. The Morgan fingerprint density at radius 3 is 2.65 bits per heavy atom. The van der Waals surface area contributed by atoms with E-state index >= 15 is 0 Å². The molecule has 8 heteroatoms. The lowest BCUT2D eigenvalue weighted by Gasteiger charge is -2.03. The molecule has 0 aliphatic heterocycles. The van der Waals surface area contributed by atoms with Crippen molar-refractivity contribution >= 4 is 37.2 Å². The molecule has 0 saturated heterocycles. The Bertz CT molecular complexity index is 489. The first-order chi connectivity index (χ1) is 8.29. The Hall–Kier alpha value is -0.880. The Kier molecular flexibility index (Phi) is 11.6. The maximum absolute atomic E-state index is 5.46. The number of rotatable bonds is 5. The molecule has 2 aromatic rings. The molecule has 114 valence electrons. The average Bonchev–Trinajstić information content (AvgIpc) is 2.77. The van der Waals surface area contributed by atoms with Crippen molar-refractivity contribution in [3.8, 4) is 0 Å². The minimum absolute atomic E-state index is 0. The zero-order chi connectivity index (χ0) is 12.1. The summed E-state index contributed by atoms with van der Waals surface area (Å²) in [6.45, 7) is 3.41. The van der Waals surface area contributed by atoms with Crippen molar-refractivity contribution < 1.29 is 0 Å². The summed E-state index contributed by atoms with van der Waals surface area (Å²) in [5.41, 5.74) is 8.66. The van der Waals surface area contributed by atoms with Gasteiger partial charge in [-0.3, -0.25) is 4.98 Å². The monoisotopic (exact) mass is 339 g/mol. The molecule has 0 aliphatic carbocycles. The summed E-state index contributed by atoms with van der Waals surface area (Å²) < 4.78 is 1.84. The van der Waals surface area contributed by atoms with E-state index < -0.39 is 0 Å². The molecule has 20 heavy (non-hydrogen) atoms. The molecule has 0 atom stereocenters. The van der Waals surface area contributed by atoms with Gasteiger partial charge in [-0.05, 0) is 37.9 Å². The molecule has 2 heterocycles. The van der Waals surface area contributed by atoms with Gasteiger partial charge in [0.2, 0.25) is 0 Å². The fourth-order valence-corrected chi connectivity index (χ4v) is 1.67. The number of pyridine rings is 1. The van der Waals surface area contributed by atoms with Gasteiger partial charge in [0, 0.05) is 18.1 Å². The van der Waals surface area contributed by atoms with Gasteiger partial charge in [-0.15, -0.1) is 42.3 Å². The summed E-state index contributed by atoms with van der Waals surface area (Å²) in [6, 6.07) is 4.00. The van der Waals surface area contributed by atoms with Gasteiger partial charge in [-0.2, -0.15) is 0 Å². The van der Waals surface area contributed by atoms with E-state index in [2.05, 4.69) is 21.4 Å². The molecule has 2 rings (SSSR count). The van der Waals surface area contributed by atoms with Crippen molar-refractivity contribution in [1.82, 2.24) is 20.0 Å². The minimum atomic E-state index is 0. The zero-order valence-electron chi connectivity index (χ0n) is 11.2. The number of aryl methyl sites for hydroxylation is 2. The molecule has 0 saturated carbocycles. The van der Waals surface area contributed by atoms with Crippen LogP contribution in [0.15, 0.2) is 24.5 Å². The summed E-state index contributed by atoms with van der Waals surface area (Å²) >= 11 is 0. The first kappa shape index (κ1) is 21.4. The Morgan fingerprint density at radius 2 is 2.00 bits per heavy atom. The van der Waals surface area contributed by atoms with Crippen molar-refractivity contribution in [1.29, 1.82) is 0 Å². The highest BCUT2D eigenvalue weighted by molar-refractivity contribution is 5.86. The standard InChI is InChI=1S/C12H17N5.3ClH/c1-10-11(4-3-7-14-10)8-17-9-12(15-16-17)5-2-6-13;;;/h3-4,7,9H,2,5-6,8,13H2,1H3;3*1H. The fourth-order valence-electron chi connectivity index (χ4n) is 1.67. The van der Waals surface area contributed by atoms with Crippen LogP contribution >= 0.6 is 37.2 Å². The van der Waals surface area contributed by atoms with Crippen LogP contribution in [0.5, 0.6) is 0 Å². The van der Waals surface area contributed by atoms with E-state index in [0.717, 1.165) is 30.8 Å². The van der Waals surface area contributed by atoms with E-state index in [1.54, 1.807) is 6.20 Å². The van der Waals surface area contributed by atoms with Crippen LogP contribution in [-0.2, 0) is 13.0 Å². The number of aromatic nitrogens is 4. The molecular weight excluding hydrogens is 321 g/mol.